The Labute approximate surface area is 132 Å². The number of carbonyl (C=O) groups is 1. The number of anilines is 1. The molecule has 2 aromatic carbocycles. The van der Waals surface area contributed by atoms with Crippen LogP contribution in [0, 0.1) is 6.92 Å². The summed E-state index contributed by atoms with van der Waals surface area (Å²) < 4.78 is 0.963. The zero-order valence-corrected chi connectivity index (χ0v) is 13.4. The standard InChI is InChI=1S/C17H17BrN2O/c1-11-6-7-14(18)9-15(11)20-17(21)16-8-12-4-2-3-5-13(12)10-19-16/h2-7,9,16,19H,8,10H2,1H3,(H,20,21). The van der Waals surface area contributed by atoms with Crippen LogP contribution in [-0.2, 0) is 17.8 Å². The number of hydrogen-bond acceptors (Lipinski definition) is 2. The zero-order valence-electron chi connectivity index (χ0n) is 11.8. The predicted molar refractivity (Wildman–Crippen MR) is 88.3 cm³/mol. The fraction of sp³-hybridized carbons (Fsp3) is 0.235. The van der Waals surface area contributed by atoms with Crippen LogP contribution in [0.2, 0.25) is 0 Å². The lowest BCUT2D eigenvalue weighted by atomic mass is 9.95. The van der Waals surface area contributed by atoms with E-state index < -0.39 is 0 Å². The molecule has 1 unspecified atom stereocenters. The van der Waals surface area contributed by atoms with Gasteiger partial charge in [0.25, 0.3) is 0 Å². The van der Waals surface area contributed by atoms with Crippen LogP contribution in [0.5, 0.6) is 0 Å². The highest BCUT2D eigenvalue weighted by Gasteiger charge is 2.24. The van der Waals surface area contributed by atoms with Crippen molar-refractivity contribution in [2.75, 3.05) is 5.32 Å². The van der Waals surface area contributed by atoms with E-state index in [1.54, 1.807) is 0 Å². The minimum atomic E-state index is -0.182. The van der Waals surface area contributed by atoms with Gasteiger partial charge in [-0.25, -0.2) is 0 Å². The summed E-state index contributed by atoms with van der Waals surface area (Å²) in [6.07, 6.45) is 0.731. The fourth-order valence-electron chi connectivity index (χ4n) is 2.59. The van der Waals surface area contributed by atoms with Crippen LogP contribution in [0.15, 0.2) is 46.9 Å². The summed E-state index contributed by atoms with van der Waals surface area (Å²) in [4.78, 5) is 12.5. The summed E-state index contributed by atoms with van der Waals surface area (Å²) in [5.41, 5.74) is 4.44. The lowest BCUT2D eigenvalue weighted by molar-refractivity contribution is -0.118. The van der Waals surface area contributed by atoms with Gasteiger partial charge >= 0.3 is 0 Å². The van der Waals surface area contributed by atoms with Gasteiger partial charge in [-0.3, -0.25) is 4.79 Å². The molecule has 2 aromatic rings. The van der Waals surface area contributed by atoms with Crippen molar-refractivity contribution in [3.05, 3.63) is 63.6 Å². The molecule has 0 radical (unpaired) electrons. The van der Waals surface area contributed by atoms with Crippen molar-refractivity contribution in [1.29, 1.82) is 0 Å². The fourth-order valence-corrected chi connectivity index (χ4v) is 2.95. The number of aryl methyl sites for hydroxylation is 1. The molecule has 1 amide bonds. The smallest absolute Gasteiger partial charge is 0.241 e. The van der Waals surface area contributed by atoms with Crippen molar-refractivity contribution < 1.29 is 4.79 Å². The Morgan fingerprint density at radius 3 is 2.81 bits per heavy atom. The van der Waals surface area contributed by atoms with E-state index in [1.807, 2.05) is 37.3 Å². The lowest BCUT2D eigenvalue weighted by Crippen LogP contribution is -2.44. The van der Waals surface area contributed by atoms with Gasteiger partial charge in [-0.15, -0.1) is 0 Å². The largest absolute Gasteiger partial charge is 0.324 e. The molecule has 0 aliphatic carbocycles. The molecular weight excluding hydrogens is 328 g/mol. The van der Waals surface area contributed by atoms with Crippen molar-refractivity contribution in [3.63, 3.8) is 0 Å². The van der Waals surface area contributed by atoms with Gasteiger partial charge < -0.3 is 10.6 Å². The molecule has 0 saturated carbocycles. The number of nitrogens with one attached hydrogen (secondary N) is 2. The highest BCUT2D eigenvalue weighted by atomic mass is 79.9. The first-order valence-electron chi connectivity index (χ1n) is 7.00. The number of fused-ring (bicyclic) bond motifs is 1. The Kier molecular flexibility index (Phi) is 4.08. The molecular formula is C17H17BrN2O. The number of carbonyl (C=O) groups excluding carboxylic acids is 1. The molecule has 0 fully saturated rings. The van der Waals surface area contributed by atoms with Gasteiger partial charge in [0.1, 0.15) is 0 Å². The van der Waals surface area contributed by atoms with Crippen LogP contribution >= 0.6 is 15.9 Å². The molecule has 1 aliphatic rings. The molecule has 2 N–H and O–H groups in total. The van der Waals surface area contributed by atoms with Crippen LogP contribution in [-0.4, -0.2) is 11.9 Å². The van der Waals surface area contributed by atoms with Gasteiger partial charge in [0, 0.05) is 16.7 Å². The van der Waals surface area contributed by atoms with Crippen LogP contribution < -0.4 is 10.6 Å². The Morgan fingerprint density at radius 2 is 2.00 bits per heavy atom. The zero-order chi connectivity index (χ0) is 14.8. The number of rotatable bonds is 2. The van der Waals surface area contributed by atoms with Gasteiger partial charge in [0.2, 0.25) is 5.91 Å². The van der Waals surface area contributed by atoms with Crippen LogP contribution in [0.25, 0.3) is 0 Å². The van der Waals surface area contributed by atoms with Crippen molar-refractivity contribution in [1.82, 2.24) is 5.32 Å². The average Bonchev–Trinajstić information content (AvgIpc) is 2.50. The van der Waals surface area contributed by atoms with Crippen LogP contribution in [0.1, 0.15) is 16.7 Å². The van der Waals surface area contributed by atoms with Crippen molar-refractivity contribution in [2.45, 2.75) is 25.9 Å². The maximum absolute atomic E-state index is 12.5. The minimum absolute atomic E-state index is 0.0192. The second-order valence-electron chi connectivity index (χ2n) is 5.35. The molecule has 1 aliphatic heterocycles. The molecule has 0 bridgehead atoms. The van der Waals surface area contributed by atoms with E-state index in [-0.39, 0.29) is 11.9 Å². The maximum Gasteiger partial charge on any atom is 0.241 e. The van der Waals surface area contributed by atoms with E-state index in [0.717, 1.165) is 28.7 Å². The Balaban J connectivity index is 1.74. The molecule has 1 atom stereocenters. The summed E-state index contributed by atoms with van der Waals surface area (Å²) in [6, 6.07) is 14.0. The monoisotopic (exact) mass is 344 g/mol. The molecule has 0 saturated heterocycles. The summed E-state index contributed by atoms with van der Waals surface area (Å²) >= 11 is 3.44. The first-order valence-corrected chi connectivity index (χ1v) is 7.80. The first-order chi connectivity index (χ1) is 10.1. The molecule has 108 valence electrons. The number of benzene rings is 2. The van der Waals surface area contributed by atoms with Crippen molar-refractivity contribution in [3.8, 4) is 0 Å². The Morgan fingerprint density at radius 1 is 1.24 bits per heavy atom. The Bertz CT molecular complexity index is 684. The number of amides is 1. The SMILES string of the molecule is Cc1ccc(Br)cc1NC(=O)C1Cc2ccccc2CN1. The summed E-state index contributed by atoms with van der Waals surface area (Å²) in [7, 11) is 0. The van der Waals surface area contributed by atoms with Gasteiger partial charge in [-0.05, 0) is 42.2 Å². The Hall–Kier alpha value is -1.65. The maximum atomic E-state index is 12.5. The molecule has 1 heterocycles. The van der Waals surface area contributed by atoms with Gasteiger partial charge in [-0.1, -0.05) is 46.3 Å². The van der Waals surface area contributed by atoms with Crippen LogP contribution in [0.4, 0.5) is 5.69 Å². The lowest BCUT2D eigenvalue weighted by Gasteiger charge is -2.25. The molecule has 3 nitrogen and oxygen atoms in total. The van der Waals surface area contributed by atoms with E-state index in [1.165, 1.54) is 11.1 Å². The minimum Gasteiger partial charge on any atom is -0.324 e. The quantitative estimate of drug-likeness (QED) is 0.876. The van der Waals surface area contributed by atoms with E-state index in [4.69, 9.17) is 0 Å². The third-order valence-electron chi connectivity index (χ3n) is 3.86. The molecule has 21 heavy (non-hydrogen) atoms. The normalized spacial score (nSPS) is 17.1. The third kappa shape index (κ3) is 3.17. The second kappa shape index (κ2) is 6.00. The van der Waals surface area contributed by atoms with Crippen molar-refractivity contribution in [2.24, 2.45) is 0 Å². The highest BCUT2D eigenvalue weighted by Crippen LogP contribution is 2.22. The van der Waals surface area contributed by atoms with Crippen LogP contribution in [0.3, 0.4) is 0 Å². The van der Waals surface area contributed by atoms with Gasteiger partial charge in [0.15, 0.2) is 0 Å². The number of halogens is 1. The average molecular weight is 345 g/mol. The van der Waals surface area contributed by atoms with E-state index in [9.17, 15) is 4.79 Å². The molecule has 0 spiro atoms. The molecule has 3 rings (SSSR count). The molecule has 0 aromatic heterocycles. The summed E-state index contributed by atoms with van der Waals surface area (Å²) in [6.45, 7) is 2.73. The van der Waals surface area contributed by atoms with Gasteiger partial charge in [-0.2, -0.15) is 0 Å². The highest BCUT2D eigenvalue weighted by molar-refractivity contribution is 9.10. The van der Waals surface area contributed by atoms with Crippen molar-refractivity contribution >= 4 is 27.5 Å². The third-order valence-corrected chi connectivity index (χ3v) is 4.35. The summed E-state index contributed by atoms with van der Waals surface area (Å²) in [5.74, 6) is 0.0192. The topological polar surface area (TPSA) is 41.1 Å². The predicted octanol–water partition coefficient (Wildman–Crippen LogP) is 3.41. The van der Waals surface area contributed by atoms with Gasteiger partial charge in [0.05, 0.1) is 6.04 Å². The summed E-state index contributed by atoms with van der Waals surface area (Å²) in [5, 5.41) is 6.33. The molecule has 4 heteroatoms. The number of hydrogen-bond donors (Lipinski definition) is 2. The van der Waals surface area contributed by atoms with E-state index in [2.05, 4.69) is 38.7 Å². The second-order valence-corrected chi connectivity index (χ2v) is 6.27. The van der Waals surface area contributed by atoms with E-state index >= 15 is 0 Å². The first kappa shape index (κ1) is 14.3. The van der Waals surface area contributed by atoms with E-state index in [0.29, 0.717) is 0 Å².